The maximum atomic E-state index is 4.26. The Bertz CT molecular complexity index is 563. The van der Waals surface area contributed by atoms with Crippen molar-refractivity contribution in [3.8, 4) is 0 Å². The van der Waals surface area contributed by atoms with Gasteiger partial charge in [0.25, 0.3) is 0 Å². The van der Waals surface area contributed by atoms with Gasteiger partial charge in [-0.2, -0.15) is 5.10 Å². The van der Waals surface area contributed by atoms with Crippen LogP contribution in [0.5, 0.6) is 0 Å². The van der Waals surface area contributed by atoms with Crippen LogP contribution >= 0.6 is 15.9 Å². The van der Waals surface area contributed by atoms with E-state index in [9.17, 15) is 0 Å². The van der Waals surface area contributed by atoms with Crippen molar-refractivity contribution < 1.29 is 0 Å². The van der Waals surface area contributed by atoms with Gasteiger partial charge in [0.2, 0.25) is 0 Å². The molecular formula is C16H22BrN3. The van der Waals surface area contributed by atoms with Crippen LogP contribution in [0.3, 0.4) is 0 Å². The summed E-state index contributed by atoms with van der Waals surface area (Å²) >= 11 is 3.73. The molecule has 20 heavy (non-hydrogen) atoms. The highest BCUT2D eigenvalue weighted by Crippen LogP contribution is 2.28. The Morgan fingerprint density at radius 3 is 2.85 bits per heavy atom. The normalized spacial score (nSPS) is 12.6. The van der Waals surface area contributed by atoms with Crippen LogP contribution in [-0.4, -0.2) is 16.3 Å². The van der Waals surface area contributed by atoms with Gasteiger partial charge in [0.05, 0.1) is 6.20 Å². The van der Waals surface area contributed by atoms with Crippen LogP contribution in [-0.2, 0) is 13.5 Å². The average molecular weight is 336 g/mol. The van der Waals surface area contributed by atoms with E-state index in [-0.39, 0.29) is 0 Å². The quantitative estimate of drug-likeness (QED) is 0.870. The minimum Gasteiger partial charge on any atom is -0.310 e. The Morgan fingerprint density at radius 2 is 2.20 bits per heavy atom. The van der Waals surface area contributed by atoms with Crippen molar-refractivity contribution in [1.29, 1.82) is 0 Å². The van der Waals surface area contributed by atoms with Gasteiger partial charge in [0, 0.05) is 23.8 Å². The highest BCUT2D eigenvalue weighted by Gasteiger charge is 2.16. The van der Waals surface area contributed by atoms with Gasteiger partial charge in [-0.1, -0.05) is 41.1 Å². The van der Waals surface area contributed by atoms with E-state index in [1.165, 1.54) is 21.2 Å². The predicted octanol–water partition coefficient (Wildman–Crippen LogP) is 3.77. The molecule has 3 nitrogen and oxygen atoms in total. The summed E-state index contributed by atoms with van der Waals surface area (Å²) in [4.78, 5) is 0. The molecular weight excluding hydrogens is 314 g/mol. The van der Waals surface area contributed by atoms with Crippen molar-refractivity contribution in [3.05, 3.63) is 51.8 Å². The van der Waals surface area contributed by atoms with Gasteiger partial charge >= 0.3 is 0 Å². The summed E-state index contributed by atoms with van der Waals surface area (Å²) in [6, 6.07) is 6.77. The van der Waals surface area contributed by atoms with Gasteiger partial charge in [-0.05, 0) is 43.0 Å². The van der Waals surface area contributed by atoms with E-state index in [1.807, 2.05) is 17.9 Å². The van der Waals surface area contributed by atoms with Crippen LogP contribution in [0.25, 0.3) is 0 Å². The number of aromatic nitrogens is 2. The molecule has 0 saturated carbocycles. The molecule has 0 aliphatic heterocycles. The monoisotopic (exact) mass is 335 g/mol. The van der Waals surface area contributed by atoms with Crippen LogP contribution in [0.2, 0.25) is 0 Å². The Hall–Kier alpha value is -1.13. The zero-order valence-corrected chi connectivity index (χ0v) is 13.9. The topological polar surface area (TPSA) is 29.9 Å². The number of rotatable bonds is 6. The summed E-state index contributed by atoms with van der Waals surface area (Å²) in [7, 11) is 1.96. The molecule has 0 aliphatic rings. The molecule has 1 heterocycles. The van der Waals surface area contributed by atoms with E-state index in [2.05, 4.69) is 64.6 Å². The smallest absolute Gasteiger partial charge is 0.0522 e. The van der Waals surface area contributed by atoms with Gasteiger partial charge < -0.3 is 5.32 Å². The van der Waals surface area contributed by atoms with Gasteiger partial charge in [0.1, 0.15) is 0 Å². The minimum absolute atomic E-state index is 0.313. The predicted molar refractivity (Wildman–Crippen MR) is 86.8 cm³/mol. The number of nitrogens with zero attached hydrogens (tertiary/aromatic N) is 2. The van der Waals surface area contributed by atoms with E-state index < -0.39 is 0 Å². The molecule has 1 atom stereocenters. The van der Waals surface area contributed by atoms with Gasteiger partial charge in [-0.3, -0.25) is 4.68 Å². The lowest BCUT2D eigenvalue weighted by Gasteiger charge is -2.20. The Morgan fingerprint density at radius 1 is 1.40 bits per heavy atom. The summed E-state index contributed by atoms with van der Waals surface area (Å²) in [6.45, 7) is 5.35. The first-order valence-electron chi connectivity index (χ1n) is 7.07. The third-order valence-corrected chi connectivity index (χ3v) is 4.52. The van der Waals surface area contributed by atoms with E-state index in [4.69, 9.17) is 0 Å². The van der Waals surface area contributed by atoms with Crippen molar-refractivity contribution in [2.45, 2.75) is 32.7 Å². The zero-order chi connectivity index (χ0) is 14.5. The summed E-state index contributed by atoms with van der Waals surface area (Å²) in [5.74, 6) is 0. The summed E-state index contributed by atoms with van der Waals surface area (Å²) in [5, 5.41) is 7.91. The van der Waals surface area contributed by atoms with E-state index in [1.54, 1.807) is 0 Å². The largest absolute Gasteiger partial charge is 0.310 e. The second-order valence-corrected chi connectivity index (χ2v) is 6.00. The van der Waals surface area contributed by atoms with Gasteiger partial charge in [-0.15, -0.1) is 0 Å². The second-order valence-electron chi connectivity index (χ2n) is 5.21. The zero-order valence-electron chi connectivity index (χ0n) is 12.4. The summed E-state index contributed by atoms with van der Waals surface area (Å²) in [6.07, 6.45) is 6.12. The van der Waals surface area contributed by atoms with Gasteiger partial charge in [0.15, 0.2) is 0 Å². The first kappa shape index (κ1) is 15.3. The Kier molecular flexibility index (Phi) is 5.38. The second kappa shape index (κ2) is 7.04. The van der Waals surface area contributed by atoms with E-state index >= 15 is 0 Å². The molecule has 2 rings (SSSR count). The molecule has 1 unspecified atom stereocenters. The molecule has 2 aromatic rings. The van der Waals surface area contributed by atoms with Crippen LogP contribution in [0.1, 0.15) is 36.1 Å². The molecule has 0 radical (unpaired) electrons. The Balaban J connectivity index is 2.24. The number of hydrogen-bond donors (Lipinski definition) is 1. The van der Waals surface area contributed by atoms with Gasteiger partial charge in [-0.25, -0.2) is 0 Å². The van der Waals surface area contributed by atoms with Crippen molar-refractivity contribution in [1.82, 2.24) is 15.1 Å². The van der Waals surface area contributed by atoms with Crippen molar-refractivity contribution >= 4 is 15.9 Å². The third kappa shape index (κ3) is 3.70. The van der Waals surface area contributed by atoms with E-state index in [0.717, 1.165) is 19.4 Å². The van der Waals surface area contributed by atoms with E-state index in [0.29, 0.717) is 6.04 Å². The highest BCUT2D eigenvalue weighted by molar-refractivity contribution is 9.10. The SMILES string of the molecule is CCCNC(Cc1cnn(C)c1)c1cccc(C)c1Br. The fourth-order valence-electron chi connectivity index (χ4n) is 2.36. The molecule has 1 aromatic heterocycles. The molecule has 0 amide bonds. The molecule has 0 saturated heterocycles. The van der Waals surface area contributed by atoms with Crippen molar-refractivity contribution in [3.63, 3.8) is 0 Å². The molecule has 0 bridgehead atoms. The van der Waals surface area contributed by atoms with Crippen molar-refractivity contribution in [2.24, 2.45) is 7.05 Å². The minimum atomic E-state index is 0.313. The van der Waals surface area contributed by atoms with Crippen LogP contribution in [0.15, 0.2) is 35.1 Å². The first-order chi connectivity index (χ1) is 9.61. The lowest BCUT2D eigenvalue weighted by Crippen LogP contribution is -2.24. The highest BCUT2D eigenvalue weighted by atomic mass is 79.9. The third-order valence-electron chi connectivity index (χ3n) is 3.44. The van der Waals surface area contributed by atoms with Crippen LogP contribution in [0, 0.1) is 6.92 Å². The summed E-state index contributed by atoms with van der Waals surface area (Å²) in [5.41, 5.74) is 3.86. The molecule has 0 aliphatic carbocycles. The molecule has 1 aromatic carbocycles. The van der Waals surface area contributed by atoms with Crippen LogP contribution < -0.4 is 5.32 Å². The number of aryl methyl sites for hydroxylation is 2. The lowest BCUT2D eigenvalue weighted by atomic mass is 9.99. The first-order valence-corrected chi connectivity index (χ1v) is 7.87. The van der Waals surface area contributed by atoms with Crippen LogP contribution in [0.4, 0.5) is 0 Å². The number of benzene rings is 1. The molecule has 4 heteroatoms. The molecule has 108 valence electrons. The Labute approximate surface area is 129 Å². The molecule has 0 fully saturated rings. The number of hydrogen-bond acceptors (Lipinski definition) is 2. The van der Waals surface area contributed by atoms with Crippen molar-refractivity contribution in [2.75, 3.05) is 6.54 Å². The molecule has 1 N–H and O–H groups in total. The number of halogens is 1. The summed E-state index contributed by atoms with van der Waals surface area (Å²) < 4.78 is 3.06. The lowest BCUT2D eigenvalue weighted by molar-refractivity contribution is 0.527. The maximum Gasteiger partial charge on any atom is 0.0522 e. The average Bonchev–Trinajstić information content (AvgIpc) is 2.83. The molecule has 0 spiro atoms. The maximum absolute atomic E-state index is 4.26. The fourth-order valence-corrected chi connectivity index (χ4v) is 2.90. The number of nitrogens with one attached hydrogen (secondary N) is 1. The fraction of sp³-hybridized carbons (Fsp3) is 0.438. The standard InChI is InChI=1S/C16H22BrN3/c1-4-8-18-15(9-13-10-19-20(3)11-13)14-7-5-6-12(2)16(14)17/h5-7,10-11,15,18H,4,8-9H2,1-3H3.